The first-order valence-corrected chi connectivity index (χ1v) is 10.1. The van der Waals surface area contributed by atoms with Gasteiger partial charge < -0.3 is 9.64 Å². The lowest BCUT2D eigenvalue weighted by atomic mass is 10.1. The molecule has 0 N–H and O–H groups in total. The van der Waals surface area contributed by atoms with Gasteiger partial charge in [0.15, 0.2) is 0 Å². The van der Waals surface area contributed by atoms with E-state index in [0.29, 0.717) is 5.56 Å². The number of nitrogens with zero attached hydrogens (tertiary/aromatic N) is 1. The van der Waals surface area contributed by atoms with Crippen molar-refractivity contribution in [2.24, 2.45) is 0 Å². The van der Waals surface area contributed by atoms with Crippen LogP contribution in [-0.2, 0) is 11.3 Å². The van der Waals surface area contributed by atoms with Gasteiger partial charge in [-0.1, -0.05) is 73.3 Å². The first kappa shape index (κ1) is 20.2. The lowest BCUT2D eigenvalue weighted by Crippen LogP contribution is -2.10. The molecule has 0 aliphatic carbocycles. The van der Waals surface area contributed by atoms with Gasteiger partial charge in [-0.15, -0.1) is 0 Å². The summed E-state index contributed by atoms with van der Waals surface area (Å²) in [4.78, 5) is 14.7. The van der Waals surface area contributed by atoms with Crippen LogP contribution in [0.15, 0.2) is 116 Å². The Morgan fingerprint density at radius 1 is 0.710 bits per heavy atom. The number of carbonyl (C=O) groups excluding carboxylic acids is 1. The molecule has 0 amide bonds. The van der Waals surface area contributed by atoms with Crippen LogP contribution in [-0.4, -0.2) is 5.97 Å². The quantitative estimate of drug-likeness (QED) is 0.306. The molecule has 4 aromatic carbocycles. The van der Waals surface area contributed by atoms with E-state index in [1.807, 2.05) is 72.8 Å². The van der Waals surface area contributed by atoms with Crippen molar-refractivity contribution < 1.29 is 9.53 Å². The minimum Gasteiger partial charge on any atom is -0.457 e. The average Bonchev–Trinajstić information content (AvgIpc) is 2.85. The van der Waals surface area contributed by atoms with Crippen LogP contribution >= 0.6 is 0 Å². The Bertz CT molecular complexity index is 1100. The third kappa shape index (κ3) is 4.90. The SMILES string of the molecule is C=Cc1ccc(COC(=O)c2ccc(N(c3ccccc3)c3ccccc3)cc2)cc1. The van der Waals surface area contributed by atoms with Crippen LogP contribution in [0.1, 0.15) is 21.5 Å². The molecule has 0 heterocycles. The van der Waals surface area contributed by atoms with Crippen LogP contribution in [0.25, 0.3) is 6.08 Å². The molecule has 0 radical (unpaired) electrons. The molecule has 4 rings (SSSR count). The van der Waals surface area contributed by atoms with E-state index in [1.165, 1.54) is 0 Å². The molecule has 31 heavy (non-hydrogen) atoms. The number of benzene rings is 4. The predicted molar refractivity (Wildman–Crippen MR) is 127 cm³/mol. The molecular formula is C28H23NO2. The fourth-order valence-electron chi connectivity index (χ4n) is 3.33. The van der Waals surface area contributed by atoms with Gasteiger partial charge in [0.1, 0.15) is 6.61 Å². The summed E-state index contributed by atoms with van der Waals surface area (Å²) in [6.07, 6.45) is 1.78. The summed E-state index contributed by atoms with van der Waals surface area (Å²) in [7, 11) is 0. The summed E-state index contributed by atoms with van der Waals surface area (Å²) in [6.45, 7) is 3.98. The molecule has 0 aromatic heterocycles. The van der Waals surface area contributed by atoms with Crippen LogP contribution < -0.4 is 4.90 Å². The van der Waals surface area contributed by atoms with Crippen LogP contribution in [0.3, 0.4) is 0 Å². The Morgan fingerprint density at radius 3 is 1.74 bits per heavy atom. The molecule has 3 heteroatoms. The fourth-order valence-corrected chi connectivity index (χ4v) is 3.33. The first-order valence-electron chi connectivity index (χ1n) is 10.1. The predicted octanol–water partition coefficient (Wildman–Crippen LogP) is 7.16. The molecule has 0 unspecified atom stereocenters. The van der Waals surface area contributed by atoms with Gasteiger partial charge in [-0.25, -0.2) is 4.79 Å². The molecule has 3 nitrogen and oxygen atoms in total. The molecule has 4 aromatic rings. The topological polar surface area (TPSA) is 29.5 Å². The first-order chi connectivity index (χ1) is 15.2. The van der Waals surface area contributed by atoms with Gasteiger partial charge in [-0.2, -0.15) is 0 Å². The van der Waals surface area contributed by atoms with Gasteiger partial charge in [0.2, 0.25) is 0 Å². The largest absolute Gasteiger partial charge is 0.457 e. The highest BCUT2D eigenvalue weighted by atomic mass is 16.5. The van der Waals surface area contributed by atoms with Crippen molar-refractivity contribution in [2.45, 2.75) is 6.61 Å². The minimum atomic E-state index is -0.342. The van der Waals surface area contributed by atoms with Crippen LogP contribution in [0, 0.1) is 0 Å². The molecule has 0 spiro atoms. The molecule has 0 aliphatic heterocycles. The van der Waals surface area contributed by atoms with E-state index < -0.39 is 0 Å². The minimum absolute atomic E-state index is 0.234. The van der Waals surface area contributed by atoms with Gasteiger partial charge in [0, 0.05) is 17.1 Å². The third-order valence-corrected chi connectivity index (χ3v) is 4.98. The Labute approximate surface area is 182 Å². The number of hydrogen-bond donors (Lipinski definition) is 0. The van der Waals surface area contributed by atoms with Gasteiger partial charge in [-0.3, -0.25) is 0 Å². The number of esters is 1. The molecule has 0 saturated heterocycles. The van der Waals surface area contributed by atoms with E-state index in [-0.39, 0.29) is 12.6 Å². The van der Waals surface area contributed by atoms with Crippen molar-refractivity contribution in [3.63, 3.8) is 0 Å². The van der Waals surface area contributed by atoms with E-state index in [4.69, 9.17) is 4.74 Å². The maximum atomic E-state index is 12.5. The molecule has 0 bridgehead atoms. The average molecular weight is 405 g/mol. The van der Waals surface area contributed by atoms with E-state index >= 15 is 0 Å². The monoisotopic (exact) mass is 405 g/mol. The molecule has 0 saturated carbocycles. The Kier molecular flexibility index (Phi) is 6.24. The second kappa shape index (κ2) is 9.59. The fraction of sp³-hybridized carbons (Fsp3) is 0.0357. The van der Waals surface area contributed by atoms with Crippen molar-refractivity contribution in [3.8, 4) is 0 Å². The summed E-state index contributed by atoms with van der Waals surface area (Å²) in [5.74, 6) is -0.342. The second-order valence-electron chi connectivity index (χ2n) is 7.08. The smallest absolute Gasteiger partial charge is 0.338 e. The summed E-state index contributed by atoms with van der Waals surface area (Å²) in [5, 5.41) is 0. The highest BCUT2D eigenvalue weighted by molar-refractivity contribution is 5.90. The molecule has 152 valence electrons. The van der Waals surface area contributed by atoms with E-state index in [1.54, 1.807) is 18.2 Å². The van der Waals surface area contributed by atoms with Gasteiger partial charge in [0.25, 0.3) is 0 Å². The Morgan fingerprint density at radius 2 is 1.23 bits per heavy atom. The summed E-state index contributed by atoms with van der Waals surface area (Å²) >= 11 is 0. The van der Waals surface area contributed by atoms with Gasteiger partial charge in [0.05, 0.1) is 5.56 Å². The summed E-state index contributed by atoms with van der Waals surface area (Å²) in [5.41, 5.74) is 5.56. The standard InChI is InChI=1S/C28H23NO2/c1-2-22-13-15-23(16-14-22)21-31-28(30)24-17-19-27(20-18-24)29(25-9-5-3-6-10-25)26-11-7-4-8-12-26/h2-20H,1,21H2. The van der Waals surface area contributed by atoms with E-state index in [9.17, 15) is 4.79 Å². The van der Waals surface area contributed by atoms with Crippen LogP contribution in [0.4, 0.5) is 17.1 Å². The zero-order chi connectivity index (χ0) is 21.5. The van der Waals surface area contributed by atoms with E-state index in [2.05, 4.69) is 35.7 Å². The number of carbonyl (C=O) groups is 1. The Balaban J connectivity index is 1.51. The van der Waals surface area contributed by atoms with Crippen molar-refractivity contribution in [1.29, 1.82) is 0 Å². The van der Waals surface area contributed by atoms with Crippen molar-refractivity contribution in [1.82, 2.24) is 0 Å². The normalized spacial score (nSPS) is 10.3. The van der Waals surface area contributed by atoms with Crippen LogP contribution in [0.5, 0.6) is 0 Å². The van der Waals surface area contributed by atoms with Gasteiger partial charge in [-0.05, 0) is 59.7 Å². The molecule has 0 atom stereocenters. The molecular weight excluding hydrogens is 382 g/mol. The lowest BCUT2D eigenvalue weighted by molar-refractivity contribution is 0.0473. The lowest BCUT2D eigenvalue weighted by Gasteiger charge is -2.25. The molecule has 0 fully saturated rings. The van der Waals surface area contributed by atoms with Gasteiger partial charge >= 0.3 is 5.97 Å². The highest BCUT2D eigenvalue weighted by Gasteiger charge is 2.13. The maximum absolute atomic E-state index is 12.5. The number of para-hydroxylation sites is 2. The summed E-state index contributed by atoms with van der Waals surface area (Å²) in [6, 6.07) is 35.6. The Hall–Kier alpha value is -4.11. The number of anilines is 3. The third-order valence-electron chi connectivity index (χ3n) is 4.98. The zero-order valence-corrected chi connectivity index (χ0v) is 17.1. The van der Waals surface area contributed by atoms with Crippen molar-refractivity contribution in [3.05, 3.63) is 132 Å². The van der Waals surface area contributed by atoms with Crippen molar-refractivity contribution >= 4 is 29.1 Å². The number of hydrogen-bond acceptors (Lipinski definition) is 3. The highest BCUT2D eigenvalue weighted by Crippen LogP contribution is 2.34. The number of ether oxygens (including phenoxy) is 1. The van der Waals surface area contributed by atoms with E-state index in [0.717, 1.165) is 28.2 Å². The molecule has 0 aliphatic rings. The number of rotatable bonds is 7. The second-order valence-corrected chi connectivity index (χ2v) is 7.08. The summed E-state index contributed by atoms with van der Waals surface area (Å²) < 4.78 is 5.48. The maximum Gasteiger partial charge on any atom is 0.338 e. The van der Waals surface area contributed by atoms with Crippen molar-refractivity contribution in [2.75, 3.05) is 4.90 Å². The van der Waals surface area contributed by atoms with Crippen LogP contribution in [0.2, 0.25) is 0 Å². The zero-order valence-electron chi connectivity index (χ0n) is 17.1.